The third-order valence-electron chi connectivity index (χ3n) is 2.32. The third kappa shape index (κ3) is 1.53. The van der Waals surface area contributed by atoms with Crippen LogP contribution in [0.3, 0.4) is 0 Å². The molecular formula is C8H12N4O2. The minimum atomic E-state index is -0.272. The van der Waals surface area contributed by atoms with Crippen molar-refractivity contribution in [2.45, 2.75) is 6.04 Å². The first-order valence-electron chi connectivity index (χ1n) is 4.42. The first-order chi connectivity index (χ1) is 6.68. The molecule has 6 nitrogen and oxygen atoms in total. The minimum Gasteiger partial charge on any atom is -0.379 e. The molecule has 6 heteroatoms. The number of nitrogens with zero attached hydrogens (tertiary/aromatic N) is 3. The molecule has 2 unspecified atom stereocenters. The van der Waals surface area contributed by atoms with Crippen LogP contribution in [0.15, 0.2) is 6.20 Å². The predicted octanol–water partition coefficient (Wildman–Crippen LogP) is -1.03. The van der Waals surface area contributed by atoms with Gasteiger partial charge in [0, 0.05) is 13.1 Å². The number of ether oxygens (including phenoxy) is 1. The molecule has 0 spiro atoms. The van der Waals surface area contributed by atoms with E-state index < -0.39 is 0 Å². The van der Waals surface area contributed by atoms with Crippen LogP contribution in [-0.2, 0) is 11.8 Å². The minimum absolute atomic E-state index is 0.0805. The summed E-state index contributed by atoms with van der Waals surface area (Å²) in [5.74, 6) is -0.352. The lowest BCUT2D eigenvalue weighted by atomic mass is 9.97. The summed E-state index contributed by atoms with van der Waals surface area (Å²) >= 11 is 0. The van der Waals surface area contributed by atoms with E-state index >= 15 is 0 Å². The van der Waals surface area contributed by atoms with E-state index in [1.54, 1.807) is 13.2 Å². The maximum absolute atomic E-state index is 11.8. The lowest BCUT2D eigenvalue weighted by molar-refractivity contribution is 0.0890. The Labute approximate surface area is 81.0 Å². The van der Waals surface area contributed by atoms with Gasteiger partial charge in [0.1, 0.15) is 5.69 Å². The molecule has 0 amide bonds. The second-order valence-corrected chi connectivity index (χ2v) is 3.45. The van der Waals surface area contributed by atoms with E-state index in [-0.39, 0.29) is 17.7 Å². The predicted molar refractivity (Wildman–Crippen MR) is 47.6 cm³/mol. The molecule has 1 saturated heterocycles. The number of hydrogen-bond acceptors (Lipinski definition) is 5. The molecule has 2 heterocycles. The Balaban J connectivity index is 2.15. The molecule has 0 radical (unpaired) electrons. The van der Waals surface area contributed by atoms with E-state index in [1.165, 1.54) is 4.68 Å². The molecule has 2 atom stereocenters. The summed E-state index contributed by atoms with van der Waals surface area (Å²) < 4.78 is 6.61. The Morgan fingerprint density at radius 3 is 3.00 bits per heavy atom. The van der Waals surface area contributed by atoms with Gasteiger partial charge in [-0.3, -0.25) is 9.48 Å². The molecule has 1 aromatic rings. The van der Waals surface area contributed by atoms with Gasteiger partial charge in [0.25, 0.3) is 0 Å². The Hall–Kier alpha value is -1.27. The number of nitrogens with two attached hydrogens (primary N) is 1. The van der Waals surface area contributed by atoms with Crippen molar-refractivity contribution in [1.82, 2.24) is 15.0 Å². The highest BCUT2D eigenvalue weighted by Gasteiger charge is 2.33. The molecule has 0 saturated carbocycles. The van der Waals surface area contributed by atoms with Crippen LogP contribution in [0.1, 0.15) is 10.5 Å². The number of carbonyl (C=O) groups excluding carboxylic acids is 1. The maximum atomic E-state index is 11.8. The fourth-order valence-electron chi connectivity index (χ4n) is 1.49. The van der Waals surface area contributed by atoms with Crippen molar-refractivity contribution in [2.75, 3.05) is 13.2 Å². The molecule has 2 rings (SSSR count). The van der Waals surface area contributed by atoms with Crippen molar-refractivity contribution in [2.24, 2.45) is 18.7 Å². The van der Waals surface area contributed by atoms with Crippen LogP contribution in [0.5, 0.6) is 0 Å². The highest BCUT2D eigenvalue weighted by molar-refractivity contribution is 5.96. The van der Waals surface area contributed by atoms with Crippen LogP contribution in [-0.4, -0.2) is 40.0 Å². The van der Waals surface area contributed by atoms with Gasteiger partial charge in [-0.2, -0.15) is 0 Å². The molecule has 0 bridgehead atoms. The second kappa shape index (κ2) is 3.47. The standard InChI is InChI=1S/C8H12N4O2/c1-12-2-7(10-11-12)8(13)5-3-14-4-6(5)9/h2,5-6H,3-4,9H2,1H3. The van der Waals surface area contributed by atoms with Crippen LogP contribution >= 0.6 is 0 Å². The van der Waals surface area contributed by atoms with Crippen molar-refractivity contribution in [1.29, 1.82) is 0 Å². The SMILES string of the molecule is Cn1cc(C(=O)C2COCC2N)nn1. The molecule has 1 aromatic heterocycles. The molecule has 1 aliphatic rings. The fourth-order valence-corrected chi connectivity index (χ4v) is 1.49. The Morgan fingerprint density at radius 1 is 1.71 bits per heavy atom. The number of aromatic nitrogens is 3. The smallest absolute Gasteiger partial charge is 0.191 e. The van der Waals surface area contributed by atoms with E-state index in [4.69, 9.17) is 10.5 Å². The zero-order valence-corrected chi connectivity index (χ0v) is 7.88. The summed E-state index contributed by atoms with van der Waals surface area (Å²) in [5, 5.41) is 7.45. The van der Waals surface area contributed by atoms with Gasteiger partial charge in [-0.25, -0.2) is 0 Å². The highest BCUT2D eigenvalue weighted by atomic mass is 16.5. The van der Waals surface area contributed by atoms with Crippen molar-refractivity contribution >= 4 is 5.78 Å². The van der Waals surface area contributed by atoms with E-state index in [2.05, 4.69) is 10.3 Å². The van der Waals surface area contributed by atoms with E-state index in [0.29, 0.717) is 18.9 Å². The quantitative estimate of drug-likeness (QED) is 0.611. The molecular weight excluding hydrogens is 184 g/mol. The average molecular weight is 196 g/mol. The van der Waals surface area contributed by atoms with Crippen LogP contribution in [0.25, 0.3) is 0 Å². The Morgan fingerprint density at radius 2 is 2.50 bits per heavy atom. The molecule has 2 N–H and O–H groups in total. The lowest BCUT2D eigenvalue weighted by Gasteiger charge is -2.08. The van der Waals surface area contributed by atoms with Gasteiger partial charge >= 0.3 is 0 Å². The number of ketones is 1. The molecule has 76 valence electrons. The third-order valence-corrected chi connectivity index (χ3v) is 2.32. The number of carbonyl (C=O) groups is 1. The van der Waals surface area contributed by atoms with Crippen molar-refractivity contribution in [3.63, 3.8) is 0 Å². The normalized spacial score (nSPS) is 26.7. The molecule has 0 aliphatic carbocycles. The Bertz CT molecular complexity index is 349. The van der Waals surface area contributed by atoms with Crippen molar-refractivity contribution in [3.05, 3.63) is 11.9 Å². The maximum Gasteiger partial charge on any atom is 0.191 e. The van der Waals surface area contributed by atoms with Crippen LogP contribution in [0.4, 0.5) is 0 Å². The van der Waals surface area contributed by atoms with Gasteiger partial charge in [0.15, 0.2) is 5.78 Å². The first-order valence-corrected chi connectivity index (χ1v) is 4.42. The van der Waals surface area contributed by atoms with E-state index in [1.807, 2.05) is 0 Å². The second-order valence-electron chi connectivity index (χ2n) is 3.45. The topological polar surface area (TPSA) is 83.0 Å². The first kappa shape index (κ1) is 9.29. The summed E-state index contributed by atoms with van der Waals surface area (Å²) in [6.45, 7) is 0.827. The number of rotatable bonds is 2. The van der Waals surface area contributed by atoms with Crippen LogP contribution < -0.4 is 5.73 Å². The Kier molecular flexibility index (Phi) is 2.30. The number of Topliss-reactive ketones (excluding diaryl/α,β-unsaturated/α-hetero) is 1. The summed E-state index contributed by atoms with van der Waals surface area (Å²) in [4.78, 5) is 11.8. The van der Waals surface area contributed by atoms with Gasteiger partial charge in [-0.1, -0.05) is 5.21 Å². The molecule has 1 fully saturated rings. The summed E-state index contributed by atoms with van der Waals surface area (Å²) in [6, 6.07) is -0.218. The van der Waals surface area contributed by atoms with E-state index in [9.17, 15) is 4.79 Å². The van der Waals surface area contributed by atoms with E-state index in [0.717, 1.165) is 0 Å². The van der Waals surface area contributed by atoms with Crippen molar-refractivity contribution < 1.29 is 9.53 Å². The highest BCUT2D eigenvalue weighted by Crippen LogP contribution is 2.16. The largest absolute Gasteiger partial charge is 0.379 e. The van der Waals surface area contributed by atoms with Gasteiger partial charge in [-0.05, 0) is 0 Å². The van der Waals surface area contributed by atoms with Crippen LogP contribution in [0, 0.1) is 5.92 Å². The zero-order chi connectivity index (χ0) is 10.1. The lowest BCUT2D eigenvalue weighted by Crippen LogP contribution is -2.34. The molecule has 14 heavy (non-hydrogen) atoms. The summed E-state index contributed by atoms with van der Waals surface area (Å²) in [5.41, 5.74) is 6.08. The summed E-state index contributed by atoms with van der Waals surface area (Å²) in [6.07, 6.45) is 1.59. The number of hydrogen-bond donors (Lipinski definition) is 1. The van der Waals surface area contributed by atoms with Crippen LogP contribution in [0.2, 0.25) is 0 Å². The van der Waals surface area contributed by atoms with Gasteiger partial charge < -0.3 is 10.5 Å². The van der Waals surface area contributed by atoms with Gasteiger partial charge in [0.2, 0.25) is 0 Å². The molecule has 1 aliphatic heterocycles. The van der Waals surface area contributed by atoms with Crippen molar-refractivity contribution in [3.8, 4) is 0 Å². The summed E-state index contributed by atoms with van der Waals surface area (Å²) in [7, 11) is 1.72. The number of aryl methyl sites for hydroxylation is 1. The van der Waals surface area contributed by atoms with Gasteiger partial charge in [0.05, 0.1) is 25.3 Å². The molecule has 0 aromatic carbocycles. The fraction of sp³-hybridized carbons (Fsp3) is 0.625. The average Bonchev–Trinajstić information content (AvgIpc) is 2.73. The van der Waals surface area contributed by atoms with Gasteiger partial charge in [-0.15, -0.1) is 5.10 Å². The monoisotopic (exact) mass is 196 g/mol. The zero-order valence-electron chi connectivity index (χ0n) is 7.88.